The molecule has 0 saturated carbocycles. The lowest BCUT2D eigenvalue weighted by atomic mass is 10.2. The Kier molecular flexibility index (Phi) is 3.57. The van der Waals surface area contributed by atoms with Crippen LogP contribution in [0.25, 0.3) is 0 Å². The molecule has 4 heteroatoms. The normalized spacial score (nSPS) is 10.1. The van der Waals surface area contributed by atoms with Crippen LogP contribution in [0.5, 0.6) is 5.75 Å². The third kappa shape index (κ3) is 2.85. The van der Waals surface area contributed by atoms with E-state index in [-0.39, 0.29) is 5.56 Å². The molecule has 18 heavy (non-hydrogen) atoms. The summed E-state index contributed by atoms with van der Waals surface area (Å²) in [4.78, 5) is 10.6. The van der Waals surface area contributed by atoms with Crippen LogP contribution >= 0.6 is 0 Å². The van der Waals surface area contributed by atoms with Crippen LogP contribution in [-0.4, -0.2) is 11.1 Å². The van der Waals surface area contributed by atoms with Gasteiger partial charge in [-0.1, -0.05) is 30.3 Å². The van der Waals surface area contributed by atoms with Crippen molar-refractivity contribution < 1.29 is 19.0 Å². The van der Waals surface area contributed by atoms with Crippen LogP contribution in [0.2, 0.25) is 0 Å². The number of rotatable bonds is 4. The van der Waals surface area contributed by atoms with Crippen LogP contribution in [0.1, 0.15) is 15.9 Å². The van der Waals surface area contributed by atoms with E-state index in [1.807, 2.05) is 30.3 Å². The summed E-state index contributed by atoms with van der Waals surface area (Å²) in [5.74, 6) is -1.78. The van der Waals surface area contributed by atoms with Gasteiger partial charge in [-0.3, -0.25) is 0 Å². The molecule has 0 aliphatic carbocycles. The molecule has 2 aromatic rings. The average Bonchev–Trinajstić information content (AvgIpc) is 2.37. The molecule has 0 amide bonds. The highest BCUT2D eigenvalue weighted by molar-refractivity contribution is 5.88. The third-order valence-corrected chi connectivity index (χ3v) is 2.42. The maximum atomic E-state index is 13.4. The molecule has 0 aliphatic rings. The van der Waals surface area contributed by atoms with Crippen molar-refractivity contribution in [3.63, 3.8) is 0 Å². The first kappa shape index (κ1) is 12.1. The van der Waals surface area contributed by atoms with Gasteiger partial charge in [0.2, 0.25) is 0 Å². The molecule has 0 aromatic heterocycles. The summed E-state index contributed by atoms with van der Waals surface area (Å²) in [6.45, 7) is 0.312. The topological polar surface area (TPSA) is 46.5 Å². The molecule has 92 valence electrons. The van der Waals surface area contributed by atoms with E-state index in [1.54, 1.807) is 0 Å². The smallest absolute Gasteiger partial charge is 0.338 e. The number of benzene rings is 2. The Balaban J connectivity index is 2.07. The van der Waals surface area contributed by atoms with E-state index < -0.39 is 11.8 Å². The van der Waals surface area contributed by atoms with Crippen molar-refractivity contribution in [2.24, 2.45) is 0 Å². The molecule has 0 spiro atoms. The summed E-state index contributed by atoms with van der Waals surface area (Å²) in [5, 5.41) is 8.68. The minimum Gasteiger partial charge on any atom is -0.489 e. The van der Waals surface area contributed by atoms with Crippen molar-refractivity contribution >= 4 is 5.97 Å². The lowest BCUT2D eigenvalue weighted by Gasteiger charge is -2.07. The molecule has 0 radical (unpaired) electrons. The van der Waals surface area contributed by atoms with Gasteiger partial charge in [0.15, 0.2) is 0 Å². The maximum Gasteiger partial charge on any atom is 0.338 e. The average molecular weight is 246 g/mol. The molecule has 2 rings (SSSR count). The van der Waals surface area contributed by atoms with Gasteiger partial charge in [-0.25, -0.2) is 9.18 Å². The zero-order chi connectivity index (χ0) is 13.0. The summed E-state index contributed by atoms with van der Waals surface area (Å²) in [7, 11) is 0. The molecule has 0 heterocycles. The SMILES string of the molecule is O=C(O)c1ccc(OCc2ccccc2)cc1F. The van der Waals surface area contributed by atoms with Crippen molar-refractivity contribution in [3.05, 3.63) is 65.5 Å². The second kappa shape index (κ2) is 5.31. The lowest BCUT2D eigenvalue weighted by Crippen LogP contribution is -2.01. The molecule has 0 atom stereocenters. The van der Waals surface area contributed by atoms with Gasteiger partial charge < -0.3 is 9.84 Å². The minimum absolute atomic E-state index is 0.307. The minimum atomic E-state index is -1.29. The molecule has 1 N–H and O–H groups in total. The van der Waals surface area contributed by atoms with Gasteiger partial charge >= 0.3 is 5.97 Å². The van der Waals surface area contributed by atoms with Gasteiger partial charge in [-0.2, -0.15) is 0 Å². The molecule has 0 bridgehead atoms. The van der Waals surface area contributed by atoms with Crippen molar-refractivity contribution in [2.45, 2.75) is 6.61 Å². The van der Waals surface area contributed by atoms with E-state index in [4.69, 9.17) is 9.84 Å². The first-order valence-corrected chi connectivity index (χ1v) is 5.36. The largest absolute Gasteiger partial charge is 0.489 e. The summed E-state index contributed by atoms with van der Waals surface area (Å²) in [5.41, 5.74) is 0.599. The zero-order valence-electron chi connectivity index (χ0n) is 9.47. The van der Waals surface area contributed by atoms with E-state index in [2.05, 4.69) is 0 Å². The van der Waals surface area contributed by atoms with Crippen molar-refractivity contribution in [3.8, 4) is 5.75 Å². The fourth-order valence-corrected chi connectivity index (χ4v) is 1.50. The highest BCUT2D eigenvalue weighted by atomic mass is 19.1. The van der Waals surface area contributed by atoms with Crippen molar-refractivity contribution in [2.75, 3.05) is 0 Å². The van der Waals surface area contributed by atoms with Crippen LogP contribution in [0.15, 0.2) is 48.5 Å². The number of carboxylic acids is 1. The van der Waals surface area contributed by atoms with Crippen LogP contribution in [0.3, 0.4) is 0 Å². The maximum absolute atomic E-state index is 13.4. The molecule has 0 fully saturated rings. The first-order chi connectivity index (χ1) is 8.66. The van der Waals surface area contributed by atoms with E-state index >= 15 is 0 Å². The number of halogens is 1. The van der Waals surface area contributed by atoms with Gasteiger partial charge in [0.05, 0.1) is 5.56 Å². The molecule has 0 aliphatic heterocycles. The molecular formula is C14H11FO3. The summed E-state index contributed by atoms with van der Waals surface area (Å²) in [6.07, 6.45) is 0. The molecule has 0 saturated heterocycles. The summed E-state index contributed by atoms with van der Waals surface area (Å²) < 4.78 is 18.7. The van der Waals surface area contributed by atoms with Crippen LogP contribution in [0.4, 0.5) is 4.39 Å². The number of ether oxygens (including phenoxy) is 1. The number of carboxylic acid groups (broad SMARTS) is 1. The lowest BCUT2D eigenvalue weighted by molar-refractivity contribution is 0.0692. The predicted octanol–water partition coefficient (Wildman–Crippen LogP) is 3.10. The monoisotopic (exact) mass is 246 g/mol. The standard InChI is InChI=1S/C14H11FO3/c15-13-8-11(6-7-12(13)14(16)17)18-9-10-4-2-1-3-5-10/h1-8H,9H2,(H,16,17). The number of aromatic carboxylic acids is 1. The van der Waals surface area contributed by atoms with Gasteiger partial charge in [0.25, 0.3) is 0 Å². The van der Waals surface area contributed by atoms with Gasteiger partial charge in [-0.05, 0) is 17.7 Å². The Morgan fingerprint density at radius 1 is 1.17 bits per heavy atom. The Hall–Kier alpha value is -2.36. The Bertz CT molecular complexity index is 552. The van der Waals surface area contributed by atoms with E-state index in [0.29, 0.717) is 12.4 Å². The fraction of sp³-hybridized carbons (Fsp3) is 0.0714. The second-order valence-electron chi connectivity index (χ2n) is 3.72. The second-order valence-corrected chi connectivity index (χ2v) is 3.72. The fourth-order valence-electron chi connectivity index (χ4n) is 1.50. The summed E-state index contributed by atoms with van der Waals surface area (Å²) in [6, 6.07) is 13.1. The van der Waals surface area contributed by atoms with Crippen molar-refractivity contribution in [1.82, 2.24) is 0 Å². The quantitative estimate of drug-likeness (QED) is 0.901. The zero-order valence-corrected chi connectivity index (χ0v) is 9.47. The number of hydrogen-bond donors (Lipinski definition) is 1. The van der Waals surface area contributed by atoms with Crippen LogP contribution < -0.4 is 4.74 Å². The Labute approximate surface area is 103 Å². The first-order valence-electron chi connectivity index (χ1n) is 5.36. The van der Waals surface area contributed by atoms with E-state index in [0.717, 1.165) is 11.6 Å². The molecular weight excluding hydrogens is 235 g/mol. The highest BCUT2D eigenvalue weighted by Crippen LogP contribution is 2.18. The van der Waals surface area contributed by atoms with Gasteiger partial charge in [0, 0.05) is 6.07 Å². The predicted molar refractivity (Wildman–Crippen MR) is 64.1 cm³/mol. The van der Waals surface area contributed by atoms with Gasteiger partial charge in [-0.15, -0.1) is 0 Å². The summed E-state index contributed by atoms with van der Waals surface area (Å²) >= 11 is 0. The number of carbonyl (C=O) groups is 1. The Morgan fingerprint density at radius 3 is 2.50 bits per heavy atom. The van der Waals surface area contributed by atoms with E-state index in [1.165, 1.54) is 12.1 Å². The third-order valence-electron chi connectivity index (χ3n) is 2.42. The Morgan fingerprint density at radius 2 is 1.89 bits per heavy atom. The van der Waals surface area contributed by atoms with Crippen molar-refractivity contribution in [1.29, 1.82) is 0 Å². The van der Waals surface area contributed by atoms with Gasteiger partial charge in [0.1, 0.15) is 18.2 Å². The molecule has 0 unspecified atom stereocenters. The highest BCUT2D eigenvalue weighted by Gasteiger charge is 2.10. The number of hydrogen-bond acceptors (Lipinski definition) is 2. The van der Waals surface area contributed by atoms with Crippen LogP contribution in [0, 0.1) is 5.82 Å². The van der Waals surface area contributed by atoms with Crippen LogP contribution in [-0.2, 0) is 6.61 Å². The molecule has 2 aromatic carbocycles. The molecule has 3 nitrogen and oxygen atoms in total. The van der Waals surface area contributed by atoms with E-state index in [9.17, 15) is 9.18 Å².